The normalized spacial score (nSPS) is 21.8. The Bertz CT molecular complexity index is 521. The van der Waals surface area contributed by atoms with Crippen molar-refractivity contribution in [2.24, 2.45) is 4.99 Å². The number of nitrogens with zero attached hydrogens (tertiary/aromatic N) is 1. The van der Waals surface area contributed by atoms with Crippen LogP contribution in [0.5, 0.6) is 0 Å². The third-order valence-electron chi connectivity index (χ3n) is 2.37. The summed E-state index contributed by atoms with van der Waals surface area (Å²) in [6.07, 6.45) is 4.66. The van der Waals surface area contributed by atoms with E-state index in [0.717, 1.165) is 7.11 Å². The van der Waals surface area contributed by atoms with Gasteiger partial charge in [-0.2, -0.15) is 0 Å². The minimum absolute atomic E-state index is 0.535. The van der Waals surface area contributed by atoms with Gasteiger partial charge in [0.15, 0.2) is 5.54 Å². The Morgan fingerprint density at radius 2 is 2.24 bits per heavy atom. The van der Waals surface area contributed by atoms with Crippen LogP contribution in [0.2, 0.25) is 4.34 Å². The molecule has 0 radical (unpaired) electrons. The van der Waals surface area contributed by atoms with Gasteiger partial charge in [0, 0.05) is 11.1 Å². The van der Waals surface area contributed by atoms with Crippen LogP contribution in [0, 0.1) is 0 Å². The molecule has 1 atom stereocenters. The molecule has 1 aliphatic heterocycles. The molecule has 4 nitrogen and oxygen atoms in total. The molecule has 0 saturated carbocycles. The standard InChI is InChI=1S/C11H8ClNO3S/c1-16-10(15)9(14)11(5-2-6-13-11)7-3-4-8(12)17-7/h2-6H,1H3. The molecule has 1 aliphatic rings. The van der Waals surface area contributed by atoms with Gasteiger partial charge in [0.1, 0.15) is 0 Å². The Morgan fingerprint density at radius 3 is 2.71 bits per heavy atom. The van der Waals surface area contributed by atoms with Crippen molar-refractivity contribution in [3.05, 3.63) is 33.5 Å². The first-order valence-electron chi connectivity index (χ1n) is 4.72. The Labute approximate surface area is 107 Å². The molecule has 1 aromatic rings. The van der Waals surface area contributed by atoms with E-state index in [1.54, 1.807) is 24.3 Å². The zero-order valence-corrected chi connectivity index (χ0v) is 10.4. The average Bonchev–Trinajstić information content (AvgIpc) is 2.96. The fraction of sp³-hybridized carbons (Fsp3) is 0.182. The van der Waals surface area contributed by atoms with Crippen LogP contribution in [0.15, 0.2) is 29.3 Å². The van der Waals surface area contributed by atoms with Gasteiger partial charge in [-0.3, -0.25) is 9.79 Å². The number of esters is 1. The van der Waals surface area contributed by atoms with E-state index in [0.29, 0.717) is 9.21 Å². The van der Waals surface area contributed by atoms with Gasteiger partial charge < -0.3 is 4.74 Å². The summed E-state index contributed by atoms with van der Waals surface area (Å²) in [6, 6.07) is 3.34. The fourth-order valence-corrected chi connectivity index (χ4v) is 2.71. The van der Waals surface area contributed by atoms with Crippen LogP contribution in [-0.4, -0.2) is 25.1 Å². The number of halogens is 1. The maximum atomic E-state index is 12.0. The molecule has 0 fully saturated rings. The van der Waals surface area contributed by atoms with Crippen LogP contribution in [0.4, 0.5) is 0 Å². The second-order valence-electron chi connectivity index (χ2n) is 3.33. The number of hydrogen-bond acceptors (Lipinski definition) is 5. The molecule has 17 heavy (non-hydrogen) atoms. The van der Waals surface area contributed by atoms with Crippen molar-refractivity contribution in [1.29, 1.82) is 0 Å². The highest BCUT2D eigenvalue weighted by Crippen LogP contribution is 2.37. The lowest BCUT2D eigenvalue weighted by Crippen LogP contribution is -2.36. The number of rotatable bonds is 3. The Balaban J connectivity index is 2.48. The molecule has 2 heterocycles. The van der Waals surface area contributed by atoms with E-state index in [2.05, 4.69) is 9.73 Å². The SMILES string of the molecule is COC(=O)C(=O)C1(c2ccc(Cl)s2)C=CC=N1. The quantitative estimate of drug-likeness (QED) is 0.623. The number of ketones is 1. The third-order valence-corrected chi connectivity index (χ3v) is 3.72. The zero-order chi connectivity index (χ0) is 12.5. The van der Waals surface area contributed by atoms with Crippen LogP contribution in [0.25, 0.3) is 0 Å². The highest BCUT2D eigenvalue weighted by atomic mass is 35.5. The van der Waals surface area contributed by atoms with Crippen LogP contribution < -0.4 is 0 Å². The number of hydrogen-bond donors (Lipinski definition) is 0. The first-order chi connectivity index (χ1) is 8.10. The Morgan fingerprint density at radius 1 is 1.47 bits per heavy atom. The van der Waals surface area contributed by atoms with E-state index in [4.69, 9.17) is 11.6 Å². The minimum Gasteiger partial charge on any atom is -0.463 e. The largest absolute Gasteiger partial charge is 0.463 e. The Hall–Kier alpha value is -1.46. The number of methoxy groups -OCH3 is 1. The molecule has 0 aliphatic carbocycles. The van der Waals surface area contributed by atoms with Crippen molar-refractivity contribution in [2.75, 3.05) is 7.11 Å². The molecule has 88 valence electrons. The smallest absolute Gasteiger partial charge is 0.377 e. The Kier molecular flexibility index (Phi) is 3.13. The zero-order valence-electron chi connectivity index (χ0n) is 8.84. The summed E-state index contributed by atoms with van der Waals surface area (Å²) in [5.41, 5.74) is -1.30. The maximum Gasteiger partial charge on any atom is 0.377 e. The summed E-state index contributed by atoms with van der Waals surface area (Å²) < 4.78 is 4.99. The van der Waals surface area contributed by atoms with Crippen LogP contribution in [-0.2, 0) is 19.9 Å². The van der Waals surface area contributed by atoms with Crippen molar-refractivity contribution in [3.63, 3.8) is 0 Å². The van der Waals surface area contributed by atoms with Crippen molar-refractivity contribution in [1.82, 2.24) is 0 Å². The topological polar surface area (TPSA) is 55.7 Å². The number of ether oxygens (including phenoxy) is 1. The predicted octanol–water partition coefficient (Wildman–Crippen LogP) is 1.98. The molecule has 6 heteroatoms. The van der Waals surface area contributed by atoms with Crippen LogP contribution in [0.3, 0.4) is 0 Å². The van der Waals surface area contributed by atoms with Gasteiger partial charge in [0.2, 0.25) is 0 Å². The van der Waals surface area contributed by atoms with Gasteiger partial charge >= 0.3 is 5.97 Å². The van der Waals surface area contributed by atoms with E-state index < -0.39 is 17.3 Å². The first-order valence-corrected chi connectivity index (χ1v) is 5.91. The molecule has 0 N–H and O–H groups in total. The van der Waals surface area contributed by atoms with E-state index >= 15 is 0 Å². The molecule has 1 aromatic heterocycles. The van der Waals surface area contributed by atoms with E-state index in [1.165, 1.54) is 17.6 Å². The van der Waals surface area contributed by atoms with Crippen molar-refractivity contribution >= 4 is 40.9 Å². The molecule has 1 unspecified atom stereocenters. The van der Waals surface area contributed by atoms with Gasteiger partial charge in [-0.05, 0) is 24.3 Å². The molecular formula is C11H8ClNO3S. The number of thiophene rings is 1. The number of allylic oxidation sites excluding steroid dienone is 1. The number of aliphatic imine (C=N–C) groups is 1. The maximum absolute atomic E-state index is 12.0. The lowest BCUT2D eigenvalue weighted by molar-refractivity contribution is -0.153. The monoisotopic (exact) mass is 269 g/mol. The molecule has 2 rings (SSSR count). The summed E-state index contributed by atoms with van der Waals surface area (Å²) in [5, 5.41) is 0. The highest BCUT2D eigenvalue weighted by molar-refractivity contribution is 7.16. The third kappa shape index (κ3) is 1.92. The first kappa shape index (κ1) is 12.0. The summed E-state index contributed by atoms with van der Waals surface area (Å²) in [4.78, 5) is 28.1. The van der Waals surface area contributed by atoms with E-state index in [1.807, 2.05) is 0 Å². The van der Waals surface area contributed by atoms with Gasteiger partial charge in [0.05, 0.1) is 11.4 Å². The van der Waals surface area contributed by atoms with Crippen molar-refractivity contribution < 1.29 is 14.3 Å². The number of carbonyl (C=O) groups excluding carboxylic acids is 2. The summed E-state index contributed by atoms with van der Waals surface area (Å²) in [6.45, 7) is 0. The molecular weight excluding hydrogens is 262 g/mol. The highest BCUT2D eigenvalue weighted by Gasteiger charge is 2.44. The lowest BCUT2D eigenvalue weighted by atomic mass is 9.93. The van der Waals surface area contributed by atoms with Gasteiger partial charge in [0.25, 0.3) is 5.78 Å². The second-order valence-corrected chi connectivity index (χ2v) is 5.04. The second kappa shape index (κ2) is 4.43. The van der Waals surface area contributed by atoms with E-state index in [9.17, 15) is 9.59 Å². The van der Waals surface area contributed by atoms with Gasteiger partial charge in [-0.1, -0.05) is 11.6 Å². The molecule has 0 aromatic carbocycles. The van der Waals surface area contributed by atoms with Gasteiger partial charge in [-0.25, -0.2) is 4.79 Å². The summed E-state index contributed by atoms with van der Waals surface area (Å²) in [7, 11) is 1.16. The molecule has 0 saturated heterocycles. The van der Waals surface area contributed by atoms with Crippen molar-refractivity contribution in [2.45, 2.75) is 5.54 Å². The van der Waals surface area contributed by atoms with E-state index in [-0.39, 0.29) is 0 Å². The molecule has 0 spiro atoms. The summed E-state index contributed by atoms with van der Waals surface area (Å²) in [5.74, 6) is -1.64. The van der Waals surface area contributed by atoms with Crippen LogP contribution in [0.1, 0.15) is 4.88 Å². The summed E-state index contributed by atoms with van der Waals surface area (Å²) >= 11 is 7.05. The van der Waals surface area contributed by atoms with Gasteiger partial charge in [-0.15, -0.1) is 11.3 Å². The van der Waals surface area contributed by atoms with Crippen LogP contribution >= 0.6 is 22.9 Å². The molecule has 0 amide bonds. The van der Waals surface area contributed by atoms with Crippen molar-refractivity contribution in [3.8, 4) is 0 Å². The minimum atomic E-state index is -1.30. The molecule has 0 bridgehead atoms. The average molecular weight is 270 g/mol. The number of carbonyl (C=O) groups is 2. The fourth-order valence-electron chi connectivity index (χ4n) is 1.55. The number of Topliss-reactive ketones (excluding diaryl/α,β-unsaturated/α-hetero) is 1. The lowest BCUT2D eigenvalue weighted by Gasteiger charge is -2.19. The predicted molar refractivity (Wildman–Crippen MR) is 65.7 cm³/mol.